The van der Waals surface area contributed by atoms with E-state index in [2.05, 4.69) is 10.2 Å². The molecular formula is C9H11ClN4O2. The van der Waals surface area contributed by atoms with Gasteiger partial charge in [-0.3, -0.25) is 4.79 Å². The predicted molar refractivity (Wildman–Crippen MR) is 58.2 cm³/mol. The summed E-state index contributed by atoms with van der Waals surface area (Å²) >= 11 is 5.64. The highest BCUT2D eigenvalue weighted by Crippen LogP contribution is 2.17. The van der Waals surface area contributed by atoms with E-state index in [-0.39, 0.29) is 6.61 Å². The first-order chi connectivity index (χ1) is 7.68. The second-order valence-electron chi connectivity index (χ2n) is 3.40. The van der Waals surface area contributed by atoms with Crippen molar-refractivity contribution in [3.8, 4) is 0 Å². The zero-order valence-electron chi connectivity index (χ0n) is 8.47. The summed E-state index contributed by atoms with van der Waals surface area (Å²) < 4.78 is 5.20. The van der Waals surface area contributed by atoms with Crippen molar-refractivity contribution in [2.75, 3.05) is 24.7 Å². The molecule has 2 N–H and O–H groups in total. The molecular weight excluding hydrogens is 232 g/mol. The molecule has 2 heterocycles. The van der Waals surface area contributed by atoms with Crippen molar-refractivity contribution in [2.24, 2.45) is 5.73 Å². The molecule has 0 spiro atoms. The third-order valence-electron chi connectivity index (χ3n) is 2.37. The molecule has 1 aromatic heterocycles. The number of anilines is 1. The molecule has 0 bridgehead atoms. The van der Waals surface area contributed by atoms with Gasteiger partial charge in [0.25, 0.3) is 0 Å². The zero-order valence-corrected chi connectivity index (χ0v) is 9.22. The lowest BCUT2D eigenvalue weighted by Crippen LogP contribution is -2.53. The van der Waals surface area contributed by atoms with Crippen LogP contribution in [0.4, 0.5) is 5.82 Å². The maximum atomic E-state index is 11.2. The molecule has 1 fully saturated rings. The molecule has 1 unspecified atom stereocenters. The Morgan fingerprint density at radius 3 is 3.00 bits per heavy atom. The summed E-state index contributed by atoms with van der Waals surface area (Å²) in [6.07, 6.45) is 0. The first-order valence-corrected chi connectivity index (χ1v) is 5.19. The van der Waals surface area contributed by atoms with Crippen LogP contribution in [0.1, 0.15) is 0 Å². The van der Waals surface area contributed by atoms with Crippen LogP contribution in [0, 0.1) is 0 Å². The Balaban J connectivity index is 2.23. The minimum Gasteiger partial charge on any atom is -0.377 e. The Morgan fingerprint density at radius 1 is 1.56 bits per heavy atom. The lowest BCUT2D eigenvalue weighted by molar-refractivity contribution is -0.121. The van der Waals surface area contributed by atoms with E-state index in [9.17, 15) is 4.79 Å². The van der Waals surface area contributed by atoms with Crippen LogP contribution in [-0.2, 0) is 9.53 Å². The minimum absolute atomic E-state index is 0.277. The van der Waals surface area contributed by atoms with Gasteiger partial charge in [0.15, 0.2) is 11.0 Å². The predicted octanol–water partition coefficient (Wildman–Crippen LogP) is -0.179. The molecule has 16 heavy (non-hydrogen) atoms. The number of ether oxygens (including phenoxy) is 1. The summed E-state index contributed by atoms with van der Waals surface area (Å²) in [5.41, 5.74) is 5.29. The number of rotatable bonds is 2. The first-order valence-electron chi connectivity index (χ1n) is 4.81. The van der Waals surface area contributed by atoms with Crippen molar-refractivity contribution in [3.05, 3.63) is 17.3 Å². The third kappa shape index (κ3) is 2.23. The molecule has 1 aromatic rings. The lowest BCUT2D eigenvalue weighted by Gasteiger charge is -2.33. The number of nitrogens with zero attached hydrogens (tertiary/aromatic N) is 3. The van der Waals surface area contributed by atoms with Gasteiger partial charge in [0, 0.05) is 6.54 Å². The number of amides is 1. The smallest absolute Gasteiger partial charge is 0.242 e. The van der Waals surface area contributed by atoms with Gasteiger partial charge >= 0.3 is 0 Å². The van der Waals surface area contributed by atoms with Crippen molar-refractivity contribution < 1.29 is 9.53 Å². The van der Waals surface area contributed by atoms with E-state index in [1.54, 1.807) is 17.0 Å². The number of hydrogen-bond acceptors (Lipinski definition) is 5. The van der Waals surface area contributed by atoms with E-state index in [0.29, 0.717) is 24.1 Å². The molecule has 1 aliphatic heterocycles. The maximum absolute atomic E-state index is 11.2. The van der Waals surface area contributed by atoms with E-state index < -0.39 is 11.9 Å². The summed E-state index contributed by atoms with van der Waals surface area (Å²) in [6.45, 7) is 1.37. The summed E-state index contributed by atoms with van der Waals surface area (Å²) in [4.78, 5) is 13.0. The molecule has 1 aliphatic rings. The van der Waals surface area contributed by atoms with Crippen molar-refractivity contribution in [1.82, 2.24) is 10.2 Å². The number of aromatic nitrogens is 2. The van der Waals surface area contributed by atoms with Gasteiger partial charge in [-0.25, -0.2) is 0 Å². The summed E-state index contributed by atoms with van der Waals surface area (Å²) in [6, 6.07) is 2.83. The molecule has 7 heteroatoms. The molecule has 2 rings (SSSR count). The molecule has 0 aromatic carbocycles. The fraction of sp³-hybridized carbons (Fsp3) is 0.444. The van der Waals surface area contributed by atoms with Gasteiger partial charge in [-0.2, -0.15) is 0 Å². The summed E-state index contributed by atoms with van der Waals surface area (Å²) in [7, 11) is 0. The maximum Gasteiger partial charge on any atom is 0.242 e. The summed E-state index contributed by atoms with van der Waals surface area (Å²) in [5, 5.41) is 7.96. The van der Waals surface area contributed by atoms with Crippen molar-refractivity contribution in [3.63, 3.8) is 0 Å². The Labute approximate surface area is 97.3 Å². The number of halogens is 1. The molecule has 0 aliphatic carbocycles. The van der Waals surface area contributed by atoms with Gasteiger partial charge in [0.1, 0.15) is 6.04 Å². The molecule has 86 valence electrons. The van der Waals surface area contributed by atoms with Crippen LogP contribution < -0.4 is 10.6 Å². The number of carbonyl (C=O) groups is 1. The van der Waals surface area contributed by atoms with E-state index in [0.717, 1.165) is 0 Å². The number of carbonyl (C=O) groups excluding carboxylic acids is 1. The Morgan fingerprint density at radius 2 is 2.38 bits per heavy atom. The Bertz CT molecular complexity index is 384. The molecule has 1 atom stereocenters. The molecule has 6 nitrogen and oxygen atoms in total. The number of nitrogens with two attached hydrogens (primary N) is 1. The van der Waals surface area contributed by atoms with Gasteiger partial charge in [0.2, 0.25) is 5.91 Å². The third-order valence-corrected chi connectivity index (χ3v) is 2.57. The largest absolute Gasteiger partial charge is 0.377 e. The van der Waals surface area contributed by atoms with Gasteiger partial charge in [-0.05, 0) is 12.1 Å². The number of primary amides is 1. The van der Waals surface area contributed by atoms with E-state index in [4.69, 9.17) is 22.1 Å². The highest BCUT2D eigenvalue weighted by molar-refractivity contribution is 6.29. The topological polar surface area (TPSA) is 81.3 Å². The van der Waals surface area contributed by atoms with Crippen LogP contribution in [0.25, 0.3) is 0 Å². The summed E-state index contributed by atoms with van der Waals surface area (Å²) in [5.74, 6) is 0.146. The lowest BCUT2D eigenvalue weighted by atomic mass is 10.2. The highest BCUT2D eigenvalue weighted by atomic mass is 35.5. The van der Waals surface area contributed by atoms with Crippen LogP contribution in [0.3, 0.4) is 0 Å². The highest BCUT2D eigenvalue weighted by Gasteiger charge is 2.28. The molecule has 1 amide bonds. The fourth-order valence-electron chi connectivity index (χ4n) is 1.58. The number of hydrogen-bond donors (Lipinski definition) is 1. The normalized spacial score (nSPS) is 20.8. The van der Waals surface area contributed by atoms with Gasteiger partial charge in [-0.15, -0.1) is 10.2 Å². The van der Waals surface area contributed by atoms with Gasteiger partial charge in [0.05, 0.1) is 13.2 Å². The van der Waals surface area contributed by atoms with Crippen LogP contribution in [0.5, 0.6) is 0 Å². The van der Waals surface area contributed by atoms with E-state index in [1.807, 2.05) is 0 Å². The fourth-order valence-corrected chi connectivity index (χ4v) is 1.68. The van der Waals surface area contributed by atoms with Gasteiger partial charge in [-0.1, -0.05) is 11.6 Å². The van der Waals surface area contributed by atoms with Crippen LogP contribution in [-0.4, -0.2) is 41.9 Å². The van der Waals surface area contributed by atoms with Crippen molar-refractivity contribution >= 4 is 23.3 Å². The van der Waals surface area contributed by atoms with E-state index in [1.165, 1.54) is 0 Å². The SMILES string of the molecule is NC(=O)C1COCCN1c1ccc(Cl)nn1. The number of morpholine rings is 1. The quantitative estimate of drug-likeness (QED) is 0.778. The minimum atomic E-state index is -0.496. The Hall–Kier alpha value is -1.40. The molecule has 0 saturated carbocycles. The monoisotopic (exact) mass is 242 g/mol. The van der Waals surface area contributed by atoms with E-state index >= 15 is 0 Å². The Kier molecular flexibility index (Phi) is 3.21. The first kappa shape index (κ1) is 11.1. The van der Waals surface area contributed by atoms with Gasteiger partial charge < -0.3 is 15.4 Å². The van der Waals surface area contributed by atoms with Crippen LogP contribution in [0.15, 0.2) is 12.1 Å². The van der Waals surface area contributed by atoms with Crippen LogP contribution in [0.2, 0.25) is 5.15 Å². The second-order valence-corrected chi connectivity index (χ2v) is 3.79. The average molecular weight is 243 g/mol. The van der Waals surface area contributed by atoms with Crippen molar-refractivity contribution in [1.29, 1.82) is 0 Å². The standard InChI is InChI=1S/C9H11ClN4O2/c10-7-1-2-8(13-12-7)14-3-4-16-5-6(14)9(11)15/h1-2,6H,3-5H2,(H2,11,15). The van der Waals surface area contributed by atoms with Crippen molar-refractivity contribution in [2.45, 2.75) is 6.04 Å². The zero-order chi connectivity index (χ0) is 11.5. The van der Waals surface area contributed by atoms with Crippen LogP contribution >= 0.6 is 11.6 Å². The molecule has 1 saturated heterocycles. The second kappa shape index (κ2) is 4.63. The average Bonchev–Trinajstić information content (AvgIpc) is 2.30. The molecule has 0 radical (unpaired) electrons.